The fraction of sp³-hybridized carbons (Fsp3) is 0.476. The van der Waals surface area contributed by atoms with E-state index in [4.69, 9.17) is 4.52 Å². The highest BCUT2D eigenvalue weighted by atomic mass is 16.5. The maximum absolute atomic E-state index is 13.0. The van der Waals surface area contributed by atoms with Gasteiger partial charge in [0.1, 0.15) is 11.3 Å². The second kappa shape index (κ2) is 7.89. The van der Waals surface area contributed by atoms with Crippen LogP contribution in [0.25, 0.3) is 10.9 Å². The summed E-state index contributed by atoms with van der Waals surface area (Å²) < 4.78 is 5.22. The molecule has 0 unspecified atom stereocenters. The third kappa shape index (κ3) is 3.55. The number of amides is 1. The van der Waals surface area contributed by atoms with Gasteiger partial charge in [-0.15, -0.1) is 0 Å². The third-order valence-corrected chi connectivity index (χ3v) is 5.70. The molecule has 9 nitrogen and oxygen atoms in total. The minimum absolute atomic E-state index is 0.0283. The van der Waals surface area contributed by atoms with Crippen LogP contribution < -0.4 is 10.5 Å². The summed E-state index contributed by atoms with van der Waals surface area (Å²) in [7, 11) is 3.73. The number of nitrogens with one attached hydrogen (secondary N) is 1. The summed E-state index contributed by atoms with van der Waals surface area (Å²) in [6.07, 6.45) is 3.76. The highest BCUT2D eigenvalue weighted by Crippen LogP contribution is 2.29. The van der Waals surface area contributed by atoms with Gasteiger partial charge in [-0.1, -0.05) is 12.1 Å². The number of carbonyl (C=O) groups is 1. The number of carbonyl (C=O) groups excluding carboxylic acids is 1. The number of nitrogens with zero attached hydrogens (tertiary/aromatic N) is 5. The zero-order valence-electron chi connectivity index (χ0n) is 17.7. The number of aryl methyl sites for hydroxylation is 2. The van der Waals surface area contributed by atoms with Crippen molar-refractivity contribution in [3.63, 3.8) is 0 Å². The van der Waals surface area contributed by atoms with Gasteiger partial charge in [0.05, 0.1) is 16.6 Å². The average molecular weight is 410 g/mol. The number of aromatic amines is 1. The Morgan fingerprint density at radius 3 is 2.73 bits per heavy atom. The molecule has 1 amide bonds. The van der Waals surface area contributed by atoms with Crippen molar-refractivity contribution >= 4 is 22.8 Å². The van der Waals surface area contributed by atoms with E-state index < -0.39 is 0 Å². The summed E-state index contributed by atoms with van der Waals surface area (Å²) in [6.45, 7) is 4.96. The zero-order valence-corrected chi connectivity index (χ0v) is 17.7. The van der Waals surface area contributed by atoms with Crippen molar-refractivity contribution < 1.29 is 9.32 Å². The van der Waals surface area contributed by atoms with Crippen molar-refractivity contribution in [3.05, 3.63) is 45.3 Å². The number of rotatable bonds is 4. The molecule has 3 aromatic heterocycles. The van der Waals surface area contributed by atoms with Crippen LogP contribution >= 0.6 is 0 Å². The fourth-order valence-electron chi connectivity index (χ4n) is 3.97. The van der Waals surface area contributed by atoms with Crippen LogP contribution in [0.5, 0.6) is 0 Å². The molecule has 1 N–H and O–H groups in total. The normalized spacial score (nSPS) is 15.0. The van der Waals surface area contributed by atoms with Crippen molar-refractivity contribution in [2.75, 3.05) is 32.1 Å². The number of piperidine rings is 1. The Morgan fingerprint density at radius 2 is 2.07 bits per heavy atom. The van der Waals surface area contributed by atoms with Gasteiger partial charge in [0.25, 0.3) is 11.5 Å². The van der Waals surface area contributed by atoms with Crippen molar-refractivity contribution in [3.8, 4) is 0 Å². The first-order chi connectivity index (χ1) is 14.4. The molecule has 9 heteroatoms. The van der Waals surface area contributed by atoms with Crippen LogP contribution in [0.15, 0.2) is 21.6 Å². The molecule has 4 rings (SSSR count). The lowest BCUT2D eigenvalue weighted by atomic mass is 9.92. The molecule has 4 heterocycles. The molecular weight excluding hydrogens is 384 g/mol. The maximum Gasteiger partial charge on any atom is 0.259 e. The van der Waals surface area contributed by atoms with Gasteiger partial charge in [-0.25, -0.2) is 9.97 Å². The van der Waals surface area contributed by atoms with E-state index in [1.54, 1.807) is 13.1 Å². The van der Waals surface area contributed by atoms with E-state index in [2.05, 4.69) is 20.1 Å². The maximum atomic E-state index is 13.0. The third-order valence-electron chi connectivity index (χ3n) is 5.70. The van der Waals surface area contributed by atoms with Crippen molar-refractivity contribution in [2.45, 2.75) is 39.0 Å². The van der Waals surface area contributed by atoms with Crippen LogP contribution in [-0.2, 0) is 6.42 Å². The second-order valence-corrected chi connectivity index (χ2v) is 7.90. The lowest BCUT2D eigenvalue weighted by molar-refractivity contribution is 0.0709. The minimum atomic E-state index is -0.181. The molecule has 0 spiro atoms. The van der Waals surface area contributed by atoms with Gasteiger partial charge in [-0.2, -0.15) is 0 Å². The summed E-state index contributed by atoms with van der Waals surface area (Å²) >= 11 is 0. The first kappa shape index (κ1) is 20.1. The van der Waals surface area contributed by atoms with Gasteiger partial charge in [-0.3, -0.25) is 9.59 Å². The number of hydrogen-bond acceptors (Lipinski definition) is 7. The topological polar surface area (TPSA) is 108 Å². The van der Waals surface area contributed by atoms with E-state index in [9.17, 15) is 9.59 Å². The lowest BCUT2D eigenvalue weighted by Gasteiger charge is -2.32. The largest absolute Gasteiger partial charge is 0.361 e. The Morgan fingerprint density at radius 1 is 1.33 bits per heavy atom. The summed E-state index contributed by atoms with van der Waals surface area (Å²) in [5, 5.41) is 4.47. The van der Waals surface area contributed by atoms with E-state index in [0.717, 1.165) is 18.5 Å². The number of anilines is 1. The first-order valence-corrected chi connectivity index (χ1v) is 10.2. The fourth-order valence-corrected chi connectivity index (χ4v) is 3.97. The van der Waals surface area contributed by atoms with E-state index in [1.807, 2.05) is 36.9 Å². The molecular formula is C21H26N6O3. The van der Waals surface area contributed by atoms with Gasteiger partial charge < -0.3 is 19.3 Å². The van der Waals surface area contributed by atoms with E-state index in [-0.39, 0.29) is 17.4 Å². The molecule has 1 aliphatic heterocycles. The smallest absolute Gasteiger partial charge is 0.259 e. The average Bonchev–Trinajstić information content (AvgIpc) is 3.13. The molecule has 158 valence electrons. The van der Waals surface area contributed by atoms with Crippen molar-refractivity contribution in [1.82, 2.24) is 25.0 Å². The Labute approximate surface area is 174 Å². The van der Waals surface area contributed by atoms with E-state index >= 15 is 0 Å². The van der Waals surface area contributed by atoms with Gasteiger partial charge >= 0.3 is 0 Å². The van der Waals surface area contributed by atoms with Crippen LogP contribution in [0, 0.1) is 6.92 Å². The SMILES string of the molecule is CCc1noc(C)c1C(=O)N1CCC(c2cc3nc(N(C)C)ncc3c(=O)[nH]2)CC1. The molecule has 30 heavy (non-hydrogen) atoms. The molecule has 0 aromatic carbocycles. The molecule has 1 fully saturated rings. The summed E-state index contributed by atoms with van der Waals surface area (Å²) in [5.41, 5.74) is 2.61. The highest BCUT2D eigenvalue weighted by Gasteiger charge is 2.29. The number of aromatic nitrogens is 4. The molecule has 0 radical (unpaired) electrons. The Bertz CT molecular complexity index is 1140. The predicted octanol–water partition coefficient (Wildman–Crippen LogP) is 2.26. The summed E-state index contributed by atoms with van der Waals surface area (Å²) in [5.74, 6) is 1.27. The number of fused-ring (bicyclic) bond motifs is 1. The van der Waals surface area contributed by atoms with Crippen LogP contribution in [-0.4, -0.2) is 58.1 Å². The number of likely N-dealkylation sites (tertiary alicyclic amines) is 1. The van der Waals surface area contributed by atoms with E-state index in [0.29, 0.717) is 53.4 Å². The van der Waals surface area contributed by atoms with Gasteiger partial charge in [-0.05, 0) is 32.3 Å². The van der Waals surface area contributed by atoms with Crippen LogP contribution in [0.3, 0.4) is 0 Å². The Kier molecular flexibility index (Phi) is 5.27. The molecule has 0 atom stereocenters. The minimum Gasteiger partial charge on any atom is -0.361 e. The van der Waals surface area contributed by atoms with Crippen LogP contribution in [0.4, 0.5) is 5.95 Å². The van der Waals surface area contributed by atoms with Crippen LogP contribution in [0.1, 0.15) is 53.2 Å². The van der Waals surface area contributed by atoms with Gasteiger partial charge in [0.15, 0.2) is 0 Å². The molecule has 0 bridgehead atoms. The molecule has 0 aliphatic carbocycles. The molecule has 1 aliphatic rings. The van der Waals surface area contributed by atoms with E-state index in [1.165, 1.54) is 0 Å². The van der Waals surface area contributed by atoms with Crippen molar-refractivity contribution in [1.29, 1.82) is 0 Å². The summed E-state index contributed by atoms with van der Waals surface area (Å²) in [4.78, 5) is 40.9. The quantitative estimate of drug-likeness (QED) is 0.703. The Balaban J connectivity index is 1.54. The second-order valence-electron chi connectivity index (χ2n) is 7.90. The number of hydrogen-bond donors (Lipinski definition) is 1. The summed E-state index contributed by atoms with van der Waals surface area (Å²) in [6, 6.07) is 1.94. The number of H-pyrrole nitrogens is 1. The predicted molar refractivity (Wildman–Crippen MR) is 113 cm³/mol. The standard InChI is InChI=1S/C21H26N6O3/c1-5-15-18(12(2)30-25-15)20(29)27-8-6-13(7-9-27)16-10-17-14(19(28)23-16)11-22-21(24-17)26(3)4/h10-11,13H,5-9H2,1-4H3,(H,23,28). The van der Waals surface area contributed by atoms with Crippen molar-refractivity contribution in [2.24, 2.45) is 0 Å². The zero-order chi connectivity index (χ0) is 21.4. The number of pyridine rings is 1. The monoisotopic (exact) mass is 410 g/mol. The van der Waals surface area contributed by atoms with Gasteiger partial charge in [0, 0.05) is 45.0 Å². The lowest BCUT2D eigenvalue weighted by Crippen LogP contribution is -2.38. The molecule has 0 saturated carbocycles. The highest BCUT2D eigenvalue weighted by molar-refractivity contribution is 5.96. The first-order valence-electron chi connectivity index (χ1n) is 10.2. The molecule has 1 saturated heterocycles. The molecule has 3 aromatic rings. The Hall–Kier alpha value is -3.23. The van der Waals surface area contributed by atoms with Crippen LogP contribution in [0.2, 0.25) is 0 Å². The van der Waals surface area contributed by atoms with Gasteiger partial charge in [0.2, 0.25) is 5.95 Å².